The molecule has 1 unspecified atom stereocenters. The average molecular weight is 392 g/mol. The lowest BCUT2D eigenvalue weighted by atomic mass is 10.0. The lowest BCUT2D eigenvalue weighted by Crippen LogP contribution is -2.49. The van der Waals surface area contributed by atoms with Gasteiger partial charge >= 0.3 is 0 Å². The van der Waals surface area contributed by atoms with Gasteiger partial charge in [-0.1, -0.05) is 50.2 Å². The Bertz CT molecular complexity index is 924. The Morgan fingerprint density at radius 3 is 2.48 bits per heavy atom. The molecule has 3 aromatic rings. The summed E-state index contributed by atoms with van der Waals surface area (Å²) in [6.07, 6.45) is 4.92. The van der Waals surface area contributed by atoms with Gasteiger partial charge in [0.2, 0.25) is 11.8 Å². The van der Waals surface area contributed by atoms with Crippen LogP contribution in [0.2, 0.25) is 0 Å². The van der Waals surface area contributed by atoms with E-state index in [9.17, 15) is 9.59 Å². The van der Waals surface area contributed by atoms with Crippen molar-refractivity contribution < 1.29 is 9.59 Å². The van der Waals surface area contributed by atoms with Crippen LogP contribution < -0.4 is 10.6 Å². The summed E-state index contributed by atoms with van der Waals surface area (Å²) in [6.45, 7) is 4.13. The molecular weight excluding hydrogens is 368 g/mol. The maximum atomic E-state index is 12.6. The van der Waals surface area contributed by atoms with Gasteiger partial charge in [-0.2, -0.15) is 5.10 Å². The van der Waals surface area contributed by atoms with E-state index in [4.69, 9.17) is 0 Å². The van der Waals surface area contributed by atoms with E-state index in [1.807, 2.05) is 50.2 Å². The van der Waals surface area contributed by atoms with Gasteiger partial charge in [0.1, 0.15) is 18.7 Å². The lowest BCUT2D eigenvalue weighted by Gasteiger charge is -2.22. The van der Waals surface area contributed by atoms with Crippen LogP contribution in [-0.4, -0.2) is 37.6 Å². The van der Waals surface area contributed by atoms with Crippen LogP contribution in [0.3, 0.4) is 0 Å². The number of nitrogens with zero attached hydrogens (tertiary/aromatic N) is 4. The first-order valence-electron chi connectivity index (χ1n) is 9.44. The average Bonchev–Trinajstić information content (AvgIpc) is 3.26. The molecular formula is C21H24N6O2. The number of hydrogen-bond donors (Lipinski definition) is 2. The third-order valence-corrected chi connectivity index (χ3v) is 4.40. The van der Waals surface area contributed by atoms with Crippen molar-refractivity contribution in [2.75, 3.05) is 0 Å². The summed E-state index contributed by atoms with van der Waals surface area (Å²) in [5, 5.41) is 9.74. The fraction of sp³-hybridized carbons (Fsp3) is 0.286. The van der Waals surface area contributed by atoms with Gasteiger partial charge in [-0.15, -0.1) is 0 Å². The number of hydrogen-bond acceptors (Lipinski definition) is 5. The SMILES string of the molecule is CC(C)C(NC(=O)Cc1ccccc1)C(=O)NCc1ccc(-n2cncn2)nc1. The minimum Gasteiger partial charge on any atom is -0.350 e. The van der Waals surface area contributed by atoms with Crippen LogP contribution in [0.5, 0.6) is 0 Å². The van der Waals surface area contributed by atoms with E-state index in [0.29, 0.717) is 12.4 Å². The summed E-state index contributed by atoms with van der Waals surface area (Å²) in [7, 11) is 0. The fourth-order valence-corrected chi connectivity index (χ4v) is 2.82. The van der Waals surface area contributed by atoms with E-state index < -0.39 is 6.04 Å². The van der Waals surface area contributed by atoms with Crippen molar-refractivity contribution in [3.8, 4) is 5.82 Å². The minimum absolute atomic E-state index is 0.0393. The van der Waals surface area contributed by atoms with Gasteiger partial charge in [0, 0.05) is 12.7 Å². The number of carbonyl (C=O) groups is 2. The minimum atomic E-state index is -0.603. The number of aromatic nitrogens is 4. The molecule has 0 aliphatic rings. The Labute approximate surface area is 169 Å². The van der Waals surface area contributed by atoms with Crippen LogP contribution >= 0.6 is 0 Å². The molecule has 0 saturated carbocycles. The molecule has 3 rings (SSSR count). The van der Waals surface area contributed by atoms with Crippen LogP contribution in [0.25, 0.3) is 5.82 Å². The Morgan fingerprint density at radius 1 is 1.07 bits per heavy atom. The smallest absolute Gasteiger partial charge is 0.243 e. The van der Waals surface area contributed by atoms with Gasteiger partial charge in [0.15, 0.2) is 5.82 Å². The van der Waals surface area contributed by atoms with Gasteiger partial charge in [0.05, 0.1) is 6.42 Å². The summed E-state index contributed by atoms with van der Waals surface area (Å²) in [5.41, 5.74) is 1.76. The number of benzene rings is 1. The molecule has 1 atom stereocenters. The first-order valence-corrected chi connectivity index (χ1v) is 9.44. The molecule has 29 heavy (non-hydrogen) atoms. The van der Waals surface area contributed by atoms with Crippen LogP contribution in [0.4, 0.5) is 0 Å². The third kappa shape index (κ3) is 5.71. The van der Waals surface area contributed by atoms with Crippen LogP contribution in [0, 0.1) is 5.92 Å². The predicted molar refractivity (Wildman–Crippen MR) is 108 cm³/mol. The van der Waals surface area contributed by atoms with Crippen molar-refractivity contribution in [1.82, 2.24) is 30.4 Å². The van der Waals surface area contributed by atoms with Crippen molar-refractivity contribution in [3.63, 3.8) is 0 Å². The second kappa shape index (κ2) is 9.59. The van der Waals surface area contributed by atoms with Crippen LogP contribution in [-0.2, 0) is 22.6 Å². The van der Waals surface area contributed by atoms with E-state index in [-0.39, 0.29) is 24.2 Å². The second-order valence-electron chi connectivity index (χ2n) is 7.03. The van der Waals surface area contributed by atoms with E-state index in [2.05, 4.69) is 25.7 Å². The number of carbonyl (C=O) groups excluding carboxylic acids is 2. The van der Waals surface area contributed by atoms with Gasteiger partial charge in [-0.3, -0.25) is 9.59 Å². The fourth-order valence-electron chi connectivity index (χ4n) is 2.82. The molecule has 0 bridgehead atoms. The van der Waals surface area contributed by atoms with Gasteiger partial charge < -0.3 is 10.6 Å². The topological polar surface area (TPSA) is 102 Å². The lowest BCUT2D eigenvalue weighted by molar-refractivity contribution is -0.129. The maximum Gasteiger partial charge on any atom is 0.243 e. The molecule has 8 nitrogen and oxygen atoms in total. The van der Waals surface area contributed by atoms with Gasteiger partial charge in [-0.05, 0) is 23.1 Å². The van der Waals surface area contributed by atoms with E-state index in [0.717, 1.165) is 11.1 Å². The van der Waals surface area contributed by atoms with Crippen molar-refractivity contribution in [2.45, 2.75) is 32.9 Å². The summed E-state index contributed by atoms with van der Waals surface area (Å²) < 4.78 is 1.55. The molecule has 2 heterocycles. The van der Waals surface area contributed by atoms with Gasteiger partial charge in [-0.25, -0.2) is 14.6 Å². The summed E-state index contributed by atoms with van der Waals surface area (Å²) >= 11 is 0. The third-order valence-electron chi connectivity index (χ3n) is 4.40. The second-order valence-corrected chi connectivity index (χ2v) is 7.03. The van der Waals surface area contributed by atoms with Crippen LogP contribution in [0.1, 0.15) is 25.0 Å². The van der Waals surface area contributed by atoms with Crippen molar-refractivity contribution in [1.29, 1.82) is 0 Å². The molecule has 2 aromatic heterocycles. The number of pyridine rings is 1. The first kappa shape index (κ1) is 20.2. The zero-order valence-corrected chi connectivity index (χ0v) is 16.4. The molecule has 0 saturated heterocycles. The molecule has 150 valence electrons. The largest absolute Gasteiger partial charge is 0.350 e. The number of amides is 2. The summed E-state index contributed by atoms with van der Waals surface area (Å²) in [4.78, 5) is 33.2. The Morgan fingerprint density at radius 2 is 1.86 bits per heavy atom. The maximum absolute atomic E-state index is 12.6. The highest BCUT2D eigenvalue weighted by Gasteiger charge is 2.24. The molecule has 0 aliphatic carbocycles. The number of nitrogens with one attached hydrogen (secondary N) is 2. The molecule has 2 amide bonds. The predicted octanol–water partition coefficient (Wildman–Crippen LogP) is 1.66. The molecule has 0 radical (unpaired) electrons. The molecule has 0 fully saturated rings. The zero-order valence-electron chi connectivity index (χ0n) is 16.4. The van der Waals surface area contributed by atoms with E-state index in [1.165, 1.54) is 6.33 Å². The normalized spacial score (nSPS) is 11.8. The molecule has 0 aliphatic heterocycles. The summed E-state index contributed by atoms with van der Waals surface area (Å²) in [6, 6.07) is 12.5. The highest BCUT2D eigenvalue weighted by Crippen LogP contribution is 2.07. The standard InChI is InChI=1S/C21H24N6O2/c1-15(2)20(26-19(28)10-16-6-4-3-5-7-16)21(29)24-12-17-8-9-18(23-11-17)27-14-22-13-25-27/h3-9,11,13-15,20H,10,12H2,1-2H3,(H,24,29)(H,26,28). The quantitative estimate of drug-likeness (QED) is 0.607. The number of rotatable bonds is 8. The molecule has 8 heteroatoms. The monoisotopic (exact) mass is 392 g/mol. The Kier molecular flexibility index (Phi) is 6.67. The van der Waals surface area contributed by atoms with E-state index >= 15 is 0 Å². The highest BCUT2D eigenvalue weighted by atomic mass is 16.2. The van der Waals surface area contributed by atoms with E-state index in [1.54, 1.807) is 23.3 Å². The summed E-state index contributed by atoms with van der Waals surface area (Å²) in [5.74, 6) is 0.207. The van der Waals surface area contributed by atoms with Crippen molar-refractivity contribution >= 4 is 11.8 Å². The first-order chi connectivity index (χ1) is 14.0. The zero-order chi connectivity index (χ0) is 20.6. The molecule has 2 N–H and O–H groups in total. The van der Waals surface area contributed by atoms with Crippen LogP contribution in [0.15, 0.2) is 61.3 Å². The Hall–Kier alpha value is -3.55. The molecule has 1 aromatic carbocycles. The van der Waals surface area contributed by atoms with Crippen molar-refractivity contribution in [2.24, 2.45) is 5.92 Å². The van der Waals surface area contributed by atoms with Crippen molar-refractivity contribution in [3.05, 3.63) is 72.4 Å². The highest BCUT2D eigenvalue weighted by molar-refractivity contribution is 5.88. The molecule has 0 spiro atoms. The Balaban J connectivity index is 1.54. The van der Waals surface area contributed by atoms with Gasteiger partial charge in [0.25, 0.3) is 0 Å².